The van der Waals surface area contributed by atoms with Gasteiger partial charge in [0.25, 0.3) is 0 Å². The van der Waals surface area contributed by atoms with E-state index in [-0.39, 0.29) is 5.75 Å². The Hall–Kier alpha value is -0.170. The fourth-order valence-corrected chi connectivity index (χ4v) is 2.71. The van der Waals surface area contributed by atoms with Gasteiger partial charge in [0.05, 0.1) is 5.75 Å². The van der Waals surface area contributed by atoms with Gasteiger partial charge >= 0.3 is 0 Å². The topological polar surface area (TPSA) is 75.4 Å². The average molecular weight is 263 g/mol. The van der Waals surface area contributed by atoms with Gasteiger partial charge in [0.1, 0.15) is 0 Å². The molecule has 0 saturated carbocycles. The van der Waals surface area contributed by atoms with Gasteiger partial charge in [-0.05, 0) is 45.3 Å². The minimum absolute atomic E-state index is 0.0299. The molecule has 1 aliphatic rings. The van der Waals surface area contributed by atoms with Crippen LogP contribution in [0.4, 0.5) is 0 Å². The number of hydrogen-bond acceptors (Lipinski definition) is 4. The predicted molar refractivity (Wildman–Crippen MR) is 70.3 cm³/mol. The number of primary sulfonamides is 1. The quantitative estimate of drug-likeness (QED) is 0.714. The molecule has 0 aromatic heterocycles. The van der Waals surface area contributed by atoms with Crippen LogP contribution >= 0.6 is 0 Å². The number of nitrogens with two attached hydrogens (primary N) is 1. The maximum atomic E-state index is 10.8. The van der Waals surface area contributed by atoms with E-state index in [1.807, 2.05) is 0 Å². The summed E-state index contributed by atoms with van der Waals surface area (Å²) in [6.45, 7) is 6.12. The second-order valence-corrected chi connectivity index (χ2v) is 6.52. The lowest BCUT2D eigenvalue weighted by Crippen LogP contribution is -2.35. The molecule has 0 spiro atoms. The molecule has 1 rings (SSSR count). The zero-order valence-electron chi connectivity index (χ0n) is 10.7. The van der Waals surface area contributed by atoms with Crippen LogP contribution in [0.2, 0.25) is 0 Å². The van der Waals surface area contributed by atoms with Gasteiger partial charge in [0.15, 0.2) is 0 Å². The number of sulfonamides is 1. The Morgan fingerprint density at radius 2 is 2.12 bits per heavy atom. The molecule has 6 heteroatoms. The van der Waals surface area contributed by atoms with Crippen molar-refractivity contribution in [3.63, 3.8) is 0 Å². The van der Waals surface area contributed by atoms with Crippen molar-refractivity contribution in [3.8, 4) is 0 Å². The summed E-state index contributed by atoms with van der Waals surface area (Å²) in [5.74, 6) is 0.0299. The molecule has 102 valence electrons. The Balaban J connectivity index is 2.22. The Labute approximate surface area is 105 Å². The second-order valence-electron chi connectivity index (χ2n) is 4.79. The van der Waals surface area contributed by atoms with E-state index in [0.29, 0.717) is 12.6 Å². The molecule has 17 heavy (non-hydrogen) atoms. The smallest absolute Gasteiger partial charge is 0.210 e. The maximum absolute atomic E-state index is 10.8. The average Bonchev–Trinajstić information content (AvgIpc) is 2.43. The van der Waals surface area contributed by atoms with Crippen LogP contribution in [0.5, 0.6) is 0 Å². The molecule has 1 atom stereocenters. The van der Waals surface area contributed by atoms with Crippen molar-refractivity contribution in [2.45, 2.75) is 38.6 Å². The van der Waals surface area contributed by atoms with Gasteiger partial charge in [0.2, 0.25) is 10.0 Å². The zero-order chi connectivity index (χ0) is 12.7. The third-order valence-electron chi connectivity index (χ3n) is 3.18. The van der Waals surface area contributed by atoms with Crippen molar-refractivity contribution in [3.05, 3.63) is 0 Å². The molecule has 1 saturated heterocycles. The van der Waals surface area contributed by atoms with Crippen molar-refractivity contribution in [2.24, 2.45) is 5.14 Å². The number of likely N-dealkylation sites (tertiary alicyclic amines) is 1. The molecule has 1 aliphatic heterocycles. The Morgan fingerprint density at radius 3 is 2.76 bits per heavy atom. The van der Waals surface area contributed by atoms with Crippen LogP contribution in [0.3, 0.4) is 0 Å². The Kier molecular flexibility index (Phi) is 6.40. The second kappa shape index (κ2) is 7.31. The molecule has 5 nitrogen and oxygen atoms in total. The largest absolute Gasteiger partial charge is 0.313 e. The van der Waals surface area contributed by atoms with Gasteiger partial charge in [-0.3, -0.25) is 0 Å². The van der Waals surface area contributed by atoms with E-state index in [2.05, 4.69) is 17.1 Å². The minimum Gasteiger partial charge on any atom is -0.313 e. The van der Waals surface area contributed by atoms with Gasteiger partial charge in [-0.15, -0.1) is 0 Å². The predicted octanol–water partition coefficient (Wildman–Crippen LogP) is 0.129. The number of rotatable bonds is 6. The van der Waals surface area contributed by atoms with E-state index >= 15 is 0 Å². The Bertz CT molecular complexity index is 306. The molecule has 0 aliphatic carbocycles. The van der Waals surface area contributed by atoms with Crippen LogP contribution in [0, 0.1) is 0 Å². The van der Waals surface area contributed by atoms with Crippen LogP contribution in [-0.4, -0.2) is 51.3 Å². The van der Waals surface area contributed by atoms with Crippen LogP contribution in [0.25, 0.3) is 0 Å². The lowest BCUT2D eigenvalue weighted by Gasteiger charge is -2.19. The summed E-state index contributed by atoms with van der Waals surface area (Å²) in [6, 6.07) is 0.443. The summed E-state index contributed by atoms with van der Waals surface area (Å²) >= 11 is 0. The van der Waals surface area contributed by atoms with Crippen molar-refractivity contribution in [1.29, 1.82) is 0 Å². The molecular weight excluding hydrogens is 238 g/mol. The molecule has 0 aromatic carbocycles. The van der Waals surface area contributed by atoms with E-state index in [1.54, 1.807) is 0 Å². The molecular formula is C11H25N3O2S. The summed E-state index contributed by atoms with van der Waals surface area (Å²) in [5, 5.41) is 8.26. The SMILES string of the molecule is CCCN1CCCC(NCCS(N)(=O)=O)CC1. The number of nitrogens with one attached hydrogen (secondary N) is 1. The summed E-state index contributed by atoms with van der Waals surface area (Å²) < 4.78 is 21.6. The van der Waals surface area contributed by atoms with Crippen molar-refractivity contribution >= 4 is 10.0 Å². The number of hydrogen-bond donors (Lipinski definition) is 2. The molecule has 1 heterocycles. The molecule has 1 unspecified atom stereocenters. The highest BCUT2D eigenvalue weighted by Gasteiger charge is 2.16. The van der Waals surface area contributed by atoms with E-state index in [4.69, 9.17) is 5.14 Å². The lowest BCUT2D eigenvalue weighted by molar-refractivity contribution is 0.283. The van der Waals surface area contributed by atoms with Crippen LogP contribution in [0.15, 0.2) is 0 Å². The van der Waals surface area contributed by atoms with Gasteiger partial charge in [-0.25, -0.2) is 13.6 Å². The highest BCUT2D eigenvalue weighted by Crippen LogP contribution is 2.11. The van der Waals surface area contributed by atoms with Gasteiger partial charge in [0, 0.05) is 12.6 Å². The molecule has 1 fully saturated rings. The summed E-state index contributed by atoms with van der Waals surface area (Å²) in [4.78, 5) is 2.49. The minimum atomic E-state index is -3.33. The highest BCUT2D eigenvalue weighted by molar-refractivity contribution is 7.89. The lowest BCUT2D eigenvalue weighted by atomic mass is 10.1. The molecule has 3 N–H and O–H groups in total. The first kappa shape index (κ1) is 14.9. The summed E-state index contributed by atoms with van der Waals surface area (Å²) in [5.41, 5.74) is 0. The first-order valence-electron chi connectivity index (χ1n) is 6.47. The first-order valence-corrected chi connectivity index (χ1v) is 8.19. The molecule has 0 aromatic rings. The Morgan fingerprint density at radius 1 is 1.35 bits per heavy atom. The molecule has 0 amide bonds. The normalized spacial score (nSPS) is 23.5. The van der Waals surface area contributed by atoms with Crippen molar-refractivity contribution in [1.82, 2.24) is 10.2 Å². The summed E-state index contributed by atoms with van der Waals surface area (Å²) in [6.07, 6.45) is 4.62. The summed E-state index contributed by atoms with van der Waals surface area (Å²) in [7, 11) is -3.33. The van der Waals surface area contributed by atoms with Gasteiger partial charge < -0.3 is 10.2 Å². The third kappa shape index (κ3) is 6.98. The molecule has 0 radical (unpaired) electrons. The van der Waals surface area contributed by atoms with Gasteiger partial charge in [-0.2, -0.15) is 0 Å². The van der Waals surface area contributed by atoms with E-state index in [0.717, 1.165) is 19.4 Å². The fraction of sp³-hybridized carbons (Fsp3) is 1.00. The van der Waals surface area contributed by atoms with E-state index < -0.39 is 10.0 Å². The first-order chi connectivity index (χ1) is 8.01. The maximum Gasteiger partial charge on any atom is 0.210 e. The zero-order valence-corrected chi connectivity index (χ0v) is 11.5. The van der Waals surface area contributed by atoms with Crippen LogP contribution in [-0.2, 0) is 10.0 Å². The monoisotopic (exact) mass is 263 g/mol. The highest BCUT2D eigenvalue weighted by atomic mass is 32.2. The fourth-order valence-electron chi connectivity index (χ4n) is 2.31. The van der Waals surface area contributed by atoms with E-state index in [9.17, 15) is 8.42 Å². The van der Waals surface area contributed by atoms with Crippen LogP contribution < -0.4 is 10.5 Å². The third-order valence-corrected chi connectivity index (χ3v) is 3.95. The standard InChI is InChI=1S/C11H25N3O2S/c1-2-7-14-8-3-4-11(5-9-14)13-6-10-17(12,15)16/h11,13H,2-10H2,1H3,(H2,12,15,16). The van der Waals surface area contributed by atoms with E-state index in [1.165, 1.54) is 25.9 Å². The van der Waals surface area contributed by atoms with Crippen molar-refractivity contribution in [2.75, 3.05) is 31.9 Å². The van der Waals surface area contributed by atoms with Gasteiger partial charge in [-0.1, -0.05) is 6.92 Å². The van der Waals surface area contributed by atoms with Crippen molar-refractivity contribution < 1.29 is 8.42 Å². The number of nitrogens with zero attached hydrogens (tertiary/aromatic N) is 1. The molecule has 0 bridgehead atoms. The van der Waals surface area contributed by atoms with Crippen LogP contribution in [0.1, 0.15) is 32.6 Å².